The molecule has 13 nitrogen and oxygen atoms in total. The summed E-state index contributed by atoms with van der Waals surface area (Å²) in [7, 11) is 0. The second-order valence-corrected chi connectivity index (χ2v) is 10.3. The molecule has 0 spiro atoms. The van der Waals surface area contributed by atoms with Gasteiger partial charge in [-0.15, -0.1) is 17.5 Å². The first kappa shape index (κ1) is 37.3. The second-order valence-electron chi connectivity index (χ2n) is 10.3. The molecule has 2 aromatic heterocycles. The van der Waals surface area contributed by atoms with Crippen LogP contribution in [0.2, 0.25) is 0 Å². The fraction of sp³-hybridized carbons (Fsp3) is 0.375. The predicted molar refractivity (Wildman–Crippen MR) is 170 cm³/mol. The van der Waals surface area contributed by atoms with E-state index in [0.717, 1.165) is 12.0 Å². The summed E-state index contributed by atoms with van der Waals surface area (Å²) in [5, 5.41) is 12.8. The summed E-state index contributed by atoms with van der Waals surface area (Å²) in [6.45, 7) is 6.96. The molecule has 46 heavy (non-hydrogen) atoms. The second kappa shape index (κ2) is 18.2. The number of carbonyl (C=O) groups is 4. The minimum Gasteiger partial charge on any atom is -0.503 e. The maximum Gasteiger partial charge on any atom is 0.335 e. The lowest BCUT2D eigenvalue weighted by Gasteiger charge is -2.16. The van der Waals surface area contributed by atoms with E-state index in [1.807, 2.05) is 37.3 Å². The van der Waals surface area contributed by atoms with E-state index in [9.17, 15) is 33.9 Å². The van der Waals surface area contributed by atoms with Crippen molar-refractivity contribution in [1.82, 2.24) is 19.5 Å². The Labute approximate surface area is 272 Å². The van der Waals surface area contributed by atoms with E-state index in [-0.39, 0.29) is 67.7 Å². The van der Waals surface area contributed by atoms with Crippen LogP contribution in [-0.4, -0.2) is 49.5 Å². The molecule has 1 fully saturated rings. The zero-order valence-corrected chi connectivity index (χ0v) is 26.8. The number of aromatic nitrogens is 2. The number of aromatic hydroxyl groups is 1. The number of rotatable bonds is 12. The van der Waals surface area contributed by atoms with Crippen LogP contribution in [0.25, 0.3) is 0 Å². The SMILES string of the molecule is CCCNC(=O)CCn1ccc(=O)c(O)c1C.Cc1c(OCc2ccccc2)c(=O)ccn1CCC(=O)ON1C(=O)CCC1=O.Cl. The van der Waals surface area contributed by atoms with Gasteiger partial charge in [-0.05, 0) is 25.8 Å². The lowest BCUT2D eigenvalue weighted by atomic mass is 10.2. The summed E-state index contributed by atoms with van der Waals surface area (Å²) in [6, 6.07) is 12.1. The van der Waals surface area contributed by atoms with Crippen LogP contribution < -0.4 is 20.9 Å². The van der Waals surface area contributed by atoms with Crippen molar-refractivity contribution in [2.75, 3.05) is 6.54 Å². The Kier molecular flexibility index (Phi) is 14.7. The van der Waals surface area contributed by atoms with Crippen LogP contribution in [0.5, 0.6) is 11.5 Å². The molecule has 14 heteroatoms. The first-order valence-corrected chi connectivity index (χ1v) is 14.6. The number of ether oxygens (including phenoxy) is 1. The molecule has 3 amide bonds. The van der Waals surface area contributed by atoms with Gasteiger partial charge in [-0.3, -0.25) is 24.0 Å². The molecule has 1 aliphatic rings. The molecule has 0 unspecified atom stereocenters. The average molecular weight is 659 g/mol. The normalized spacial score (nSPS) is 12.1. The number of hydrogen-bond acceptors (Lipinski definition) is 9. The molecule has 0 radical (unpaired) electrons. The zero-order chi connectivity index (χ0) is 32.9. The van der Waals surface area contributed by atoms with Crippen molar-refractivity contribution in [3.8, 4) is 11.5 Å². The molecule has 4 rings (SSSR count). The maximum atomic E-state index is 12.1. The summed E-state index contributed by atoms with van der Waals surface area (Å²) in [4.78, 5) is 74.5. The summed E-state index contributed by atoms with van der Waals surface area (Å²) >= 11 is 0. The highest BCUT2D eigenvalue weighted by molar-refractivity contribution is 6.01. The minimum absolute atomic E-state index is 0. The van der Waals surface area contributed by atoms with Gasteiger partial charge in [-0.1, -0.05) is 37.3 Å². The fourth-order valence-corrected chi connectivity index (χ4v) is 4.30. The number of aryl methyl sites for hydroxylation is 2. The van der Waals surface area contributed by atoms with Crippen molar-refractivity contribution in [2.45, 2.75) is 72.6 Å². The Bertz CT molecular complexity index is 1620. The third-order valence-electron chi connectivity index (χ3n) is 6.94. The molecule has 248 valence electrons. The van der Waals surface area contributed by atoms with Gasteiger partial charge in [-0.25, -0.2) is 4.79 Å². The number of pyridine rings is 2. The van der Waals surface area contributed by atoms with E-state index in [1.165, 1.54) is 12.1 Å². The number of nitrogens with zero attached hydrogens (tertiary/aromatic N) is 3. The van der Waals surface area contributed by atoms with Gasteiger partial charge in [0.05, 0.1) is 17.8 Å². The van der Waals surface area contributed by atoms with E-state index in [4.69, 9.17) is 9.57 Å². The topological polar surface area (TPSA) is 166 Å². The molecular formula is C32H39ClN4O9. The lowest BCUT2D eigenvalue weighted by molar-refractivity contribution is -0.197. The average Bonchev–Trinajstić information content (AvgIpc) is 3.34. The van der Waals surface area contributed by atoms with Crippen molar-refractivity contribution in [2.24, 2.45) is 0 Å². The minimum atomic E-state index is -0.701. The van der Waals surface area contributed by atoms with Crippen LogP contribution in [-0.2, 0) is 43.7 Å². The molecule has 0 atom stereocenters. The number of hydrogen-bond donors (Lipinski definition) is 2. The molecular weight excluding hydrogens is 620 g/mol. The Morgan fingerprint density at radius 2 is 1.43 bits per heavy atom. The van der Waals surface area contributed by atoms with E-state index < -0.39 is 23.2 Å². The number of benzene rings is 1. The highest BCUT2D eigenvalue weighted by Crippen LogP contribution is 2.16. The van der Waals surface area contributed by atoms with Crippen LogP contribution in [0, 0.1) is 13.8 Å². The smallest absolute Gasteiger partial charge is 0.335 e. The number of halogens is 1. The van der Waals surface area contributed by atoms with Crippen molar-refractivity contribution in [3.63, 3.8) is 0 Å². The van der Waals surface area contributed by atoms with Gasteiger partial charge in [0.2, 0.25) is 16.8 Å². The monoisotopic (exact) mass is 658 g/mol. The van der Waals surface area contributed by atoms with Crippen LogP contribution in [0.15, 0.2) is 64.4 Å². The van der Waals surface area contributed by atoms with Gasteiger partial charge in [0, 0.05) is 63.4 Å². The van der Waals surface area contributed by atoms with Gasteiger partial charge < -0.3 is 29.1 Å². The first-order chi connectivity index (χ1) is 21.5. The zero-order valence-electron chi connectivity index (χ0n) is 26.0. The number of carbonyl (C=O) groups excluding carboxylic acids is 4. The standard InChI is InChI=1S/C20H20N2O6.C12H18N2O3.ClH/c1-14-20(27-13-15-5-3-2-4-6-15)16(23)9-11-21(14)12-10-19(26)28-22-17(24)7-8-18(22)25;1-3-6-13-11(16)5-8-14-7-4-10(15)12(17)9(14)2;/h2-6,9,11H,7-8,10,12-13H2,1H3;4,7,17H,3,5-6,8H2,1-2H3,(H,13,16);1H. The molecule has 3 heterocycles. The summed E-state index contributed by atoms with van der Waals surface area (Å²) in [5.41, 5.74) is 1.35. The number of imide groups is 1. The summed E-state index contributed by atoms with van der Waals surface area (Å²) in [6.07, 6.45) is 4.42. The van der Waals surface area contributed by atoms with Crippen LogP contribution >= 0.6 is 12.4 Å². The predicted octanol–water partition coefficient (Wildman–Crippen LogP) is 2.93. The Balaban J connectivity index is 0.000000353. The van der Waals surface area contributed by atoms with Crippen LogP contribution in [0.4, 0.5) is 0 Å². The molecule has 1 saturated heterocycles. The summed E-state index contributed by atoms with van der Waals surface area (Å²) < 4.78 is 9.08. The number of hydroxylamine groups is 2. The maximum absolute atomic E-state index is 12.1. The third-order valence-corrected chi connectivity index (χ3v) is 6.94. The summed E-state index contributed by atoms with van der Waals surface area (Å²) in [5.74, 6) is -1.80. The number of nitrogens with one attached hydrogen (secondary N) is 1. The van der Waals surface area contributed by atoms with E-state index >= 15 is 0 Å². The van der Waals surface area contributed by atoms with Crippen molar-refractivity contribution in [3.05, 3.63) is 92.3 Å². The number of amides is 3. The van der Waals surface area contributed by atoms with Gasteiger partial charge >= 0.3 is 5.97 Å². The van der Waals surface area contributed by atoms with Gasteiger partial charge in [0.25, 0.3) is 11.8 Å². The quantitative estimate of drug-likeness (QED) is 0.278. The molecule has 0 saturated carbocycles. The highest BCUT2D eigenvalue weighted by atomic mass is 35.5. The van der Waals surface area contributed by atoms with E-state index in [1.54, 1.807) is 35.4 Å². The molecule has 0 bridgehead atoms. The Morgan fingerprint density at radius 3 is 2.07 bits per heavy atom. The first-order valence-electron chi connectivity index (χ1n) is 14.6. The highest BCUT2D eigenvalue weighted by Gasteiger charge is 2.32. The Hall–Kier alpha value is -4.91. The van der Waals surface area contributed by atoms with Crippen molar-refractivity contribution >= 4 is 36.1 Å². The van der Waals surface area contributed by atoms with Gasteiger partial charge in [-0.2, -0.15) is 0 Å². The molecule has 0 aliphatic carbocycles. The third kappa shape index (κ3) is 10.6. The van der Waals surface area contributed by atoms with Crippen LogP contribution in [0.3, 0.4) is 0 Å². The van der Waals surface area contributed by atoms with E-state index in [0.29, 0.717) is 36.0 Å². The van der Waals surface area contributed by atoms with Gasteiger partial charge in [0.15, 0.2) is 11.5 Å². The Morgan fingerprint density at radius 1 is 0.848 bits per heavy atom. The van der Waals surface area contributed by atoms with Crippen LogP contribution in [0.1, 0.15) is 56.0 Å². The van der Waals surface area contributed by atoms with Crippen molar-refractivity contribution < 1.29 is 33.9 Å². The van der Waals surface area contributed by atoms with Crippen molar-refractivity contribution in [1.29, 1.82) is 0 Å². The molecule has 3 aromatic rings. The molecule has 1 aliphatic heterocycles. The molecule has 2 N–H and O–H groups in total. The lowest BCUT2D eigenvalue weighted by Crippen LogP contribution is -2.32. The largest absolute Gasteiger partial charge is 0.503 e. The van der Waals surface area contributed by atoms with Gasteiger partial charge in [0.1, 0.15) is 6.61 Å². The fourth-order valence-electron chi connectivity index (χ4n) is 4.30. The van der Waals surface area contributed by atoms with E-state index in [2.05, 4.69) is 5.32 Å². The molecule has 1 aromatic carbocycles.